The van der Waals surface area contributed by atoms with Crippen molar-refractivity contribution in [3.05, 3.63) is 58.7 Å². The smallest absolute Gasteiger partial charge is 0.270 e. The number of pyridine rings is 1. The summed E-state index contributed by atoms with van der Waals surface area (Å²) < 4.78 is 6.61. The lowest BCUT2D eigenvalue weighted by Gasteiger charge is -2.07. The lowest BCUT2D eigenvalue weighted by Crippen LogP contribution is -2.33. The number of aromatic nitrogens is 2. The molecule has 0 saturated carbocycles. The molecule has 2 heterocycles. The number of hydrogen-bond donors (Lipinski definition) is 1. The zero-order valence-corrected chi connectivity index (χ0v) is 11.8. The summed E-state index contributed by atoms with van der Waals surface area (Å²) >= 11 is 0. The highest BCUT2D eigenvalue weighted by molar-refractivity contribution is 5.93. The molecule has 2 rings (SSSR count). The molecule has 0 fully saturated rings. The van der Waals surface area contributed by atoms with Crippen molar-refractivity contribution in [2.75, 3.05) is 19.8 Å². The summed E-state index contributed by atoms with van der Waals surface area (Å²) in [6.45, 7) is 6.71. The van der Waals surface area contributed by atoms with Gasteiger partial charge in [0.15, 0.2) is 0 Å². The molecule has 110 valence electrons. The van der Waals surface area contributed by atoms with Crippen molar-refractivity contribution in [3.63, 3.8) is 0 Å². The van der Waals surface area contributed by atoms with Crippen molar-refractivity contribution in [1.82, 2.24) is 14.7 Å². The van der Waals surface area contributed by atoms with Gasteiger partial charge in [-0.05, 0) is 19.1 Å². The molecule has 0 saturated heterocycles. The molecule has 21 heavy (non-hydrogen) atoms. The van der Waals surface area contributed by atoms with Gasteiger partial charge in [0.2, 0.25) is 0 Å². The van der Waals surface area contributed by atoms with Gasteiger partial charge in [-0.1, -0.05) is 18.2 Å². The number of hydrogen-bond acceptors (Lipinski definition) is 4. The molecule has 0 aliphatic heterocycles. The number of nitrogens with one attached hydrogen (secondary N) is 1. The van der Waals surface area contributed by atoms with E-state index in [0.717, 1.165) is 5.57 Å². The number of amides is 1. The Balaban J connectivity index is 2.01. The van der Waals surface area contributed by atoms with Crippen LogP contribution in [-0.2, 0) is 4.74 Å². The van der Waals surface area contributed by atoms with Crippen LogP contribution in [0, 0.1) is 0 Å². The third-order valence-corrected chi connectivity index (χ3v) is 2.74. The highest BCUT2D eigenvalue weighted by Crippen LogP contribution is 1.97. The fourth-order valence-corrected chi connectivity index (χ4v) is 1.76. The van der Waals surface area contributed by atoms with Crippen LogP contribution in [-0.4, -0.2) is 35.1 Å². The molecule has 0 atom stereocenters. The molecule has 2 aromatic heterocycles. The molecule has 6 heteroatoms. The molecular formula is C15H17N3O3. The first-order valence-corrected chi connectivity index (χ1v) is 6.56. The summed E-state index contributed by atoms with van der Waals surface area (Å²) in [4.78, 5) is 28.2. The Hall–Kier alpha value is -2.47. The molecule has 2 aromatic rings. The minimum atomic E-state index is -0.454. The number of carbonyl (C=O) groups excluding carboxylic acids is 1. The monoisotopic (exact) mass is 287 g/mol. The highest BCUT2D eigenvalue weighted by Gasteiger charge is 2.12. The first-order valence-electron chi connectivity index (χ1n) is 6.56. The van der Waals surface area contributed by atoms with E-state index in [1.807, 2.05) is 6.92 Å². The molecule has 0 unspecified atom stereocenters. The zero-order valence-electron chi connectivity index (χ0n) is 11.8. The van der Waals surface area contributed by atoms with Gasteiger partial charge in [0.25, 0.3) is 11.5 Å². The molecule has 0 aliphatic carbocycles. The Kier molecular flexibility index (Phi) is 4.84. The number of carbonyl (C=O) groups is 1. The van der Waals surface area contributed by atoms with Crippen molar-refractivity contribution in [2.45, 2.75) is 6.92 Å². The maximum Gasteiger partial charge on any atom is 0.270 e. The van der Waals surface area contributed by atoms with Crippen molar-refractivity contribution >= 4 is 11.6 Å². The second-order valence-corrected chi connectivity index (χ2v) is 4.67. The normalized spacial score (nSPS) is 10.5. The number of rotatable bonds is 6. The second kappa shape index (κ2) is 6.81. The Bertz CT molecular complexity index is 721. The number of nitrogens with zero attached hydrogens (tertiary/aromatic N) is 2. The van der Waals surface area contributed by atoms with Crippen LogP contribution in [0.5, 0.6) is 0 Å². The molecule has 0 aliphatic rings. The summed E-state index contributed by atoms with van der Waals surface area (Å²) in [7, 11) is 0. The van der Waals surface area contributed by atoms with Gasteiger partial charge < -0.3 is 10.1 Å². The molecule has 0 bridgehead atoms. The standard InChI is InChI=1S/C15H17N3O3/c1-11(2)10-21-8-6-16-14(19)12-9-17-13-5-3-4-7-18(13)15(12)20/h3-5,7,9H,1,6,8,10H2,2H3,(H,16,19). The van der Waals surface area contributed by atoms with E-state index >= 15 is 0 Å². The van der Waals surface area contributed by atoms with Gasteiger partial charge in [-0.15, -0.1) is 0 Å². The maximum atomic E-state index is 12.2. The average molecular weight is 287 g/mol. The first-order chi connectivity index (χ1) is 10.1. The highest BCUT2D eigenvalue weighted by atomic mass is 16.5. The summed E-state index contributed by atoms with van der Waals surface area (Å²) in [5.74, 6) is -0.454. The van der Waals surface area contributed by atoms with Crippen LogP contribution >= 0.6 is 0 Å². The predicted octanol–water partition coefficient (Wildman–Crippen LogP) is 1.02. The van der Waals surface area contributed by atoms with Gasteiger partial charge in [-0.25, -0.2) is 4.98 Å². The Labute approximate surface area is 122 Å². The van der Waals surface area contributed by atoms with Crippen molar-refractivity contribution in [3.8, 4) is 0 Å². The molecular weight excluding hydrogens is 270 g/mol. The zero-order chi connectivity index (χ0) is 15.2. The maximum absolute atomic E-state index is 12.2. The van der Waals surface area contributed by atoms with Gasteiger partial charge in [0, 0.05) is 18.9 Å². The molecule has 0 aromatic carbocycles. The number of ether oxygens (including phenoxy) is 1. The quantitative estimate of drug-likeness (QED) is 0.636. The third kappa shape index (κ3) is 3.76. The predicted molar refractivity (Wildman–Crippen MR) is 79.4 cm³/mol. The van der Waals surface area contributed by atoms with E-state index in [-0.39, 0.29) is 11.1 Å². The minimum absolute atomic E-state index is 0.0126. The SMILES string of the molecule is C=C(C)COCCNC(=O)c1cnc2ccccn2c1=O. The van der Waals surface area contributed by atoms with Crippen LogP contribution in [0.2, 0.25) is 0 Å². The molecule has 1 N–H and O–H groups in total. The van der Waals surface area contributed by atoms with Gasteiger partial charge in [0.05, 0.1) is 13.2 Å². The van der Waals surface area contributed by atoms with Crippen LogP contribution in [0.4, 0.5) is 0 Å². The van der Waals surface area contributed by atoms with E-state index in [4.69, 9.17) is 4.74 Å². The van der Waals surface area contributed by atoms with Crippen LogP contribution < -0.4 is 10.9 Å². The lowest BCUT2D eigenvalue weighted by molar-refractivity contribution is 0.0925. The number of fused-ring (bicyclic) bond motifs is 1. The summed E-state index contributed by atoms with van der Waals surface area (Å²) in [5.41, 5.74) is 1.04. The van der Waals surface area contributed by atoms with Crippen molar-refractivity contribution < 1.29 is 9.53 Å². The Morgan fingerprint density at radius 1 is 1.48 bits per heavy atom. The lowest BCUT2D eigenvalue weighted by atomic mass is 10.3. The van der Waals surface area contributed by atoms with E-state index in [2.05, 4.69) is 16.9 Å². The summed E-state index contributed by atoms with van der Waals surface area (Å²) in [5, 5.41) is 2.63. The molecule has 0 spiro atoms. The third-order valence-electron chi connectivity index (χ3n) is 2.74. The van der Waals surface area contributed by atoms with E-state index in [0.29, 0.717) is 25.4 Å². The molecule has 1 amide bonds. The van der Waals surface area contributed by atoms with Crippen LogP contribution in [0.1, 0.15) is 17.3 Å². The average Bonchev–Trinajstić information content (AvgIpc) is 2.47. The first kappa shape index (κ1) is 14.9. The molecule has 0 radical (unpaired) electrons. The fraction of sp³-hybridized carbons (Fsp3) is 0.267. The van der Waals surface area contributed by atoms with Crippen molar-refractivity contribution in [1.29, 1.82) is 0 Å². The Morgan fingerprint density at radius 3 is 3.05 bits per heavy atom. The minimum Gasteiger partial charge on any atom is -0.375 e. The van der Waals surface area contributed by atoms with E-state index < -0.39 is 5.91 Å². The van der Waals surface area contributed by atoms with Crippen molar-refractivity contribution in [2.24, 2.45) is 0 Å². The summed E-state index contributed by atoms with van der Waals surface area (Å²) in [6.07, 6.45) is 2.87. The largest absolute Gasteiger partial charge is 0.375 e. The van der Waals surface area contributed by atoms with Gasteiger partial charge in [-0.3, -0.25) is 14.0 Å². The second-order valence-electron chi connectivity index (χ2n) is 4.67. The van der Waals surface area contributed by atoms with Crippen LogP contribution in [0.3, 0.4) is 0 Å². The van der Waals surface area contributed by atoms with Gasteiger partial charge >= 0.3 is 0 Å². The summed E-state index contributed by atoms with van der Waals surface area (Å²) in [6, 6.07) is 5.19. The van der Waals surface area contributed by atoms with Crippen LogP contribution in [0.15, 0.2) is 47.5 Å². The van der Waals surface area contributed by atoms with Gasteiger partial charge in [-0.2, -0.15) is 0 Å². The Morgan fingerprint density at radius 2 is 2.29 bits per heavy atom. The van der Waals surface area contributed by atoms with Crippen LogP contribution in [0.25, 0.3) is 5.65 Å². The molecule has 6 nitrogen and oxygen atoms in total. The fourth-order valence-electron chi connectivity index (χ4n) is 1.76. The van der Waals surface area contributed by atoms with E-state index in [1.165, 1.54) is 10.6 Å². The van der Waals surface area contributed by atoms with E-state index in [9.17, 15) is 9.59 Å². The topological polar surface area (TPSA) is 72.7 Å². The van der Waals surface area contributed by atoms with Gasteiger partial charge in [0.1, 0.15) is 11.2 Å². The van der Waals surface area contributed by atoms with E-state index in [1.54, 1.807) is 24.4 Å².